The molecule has 21 heavy (non-hydrogen) atoms. The average molecular weight is 280 g/mol. The van der Waals surface area contributed by atoms with Crippen molar-refractivity contribution in [1.29, 1.82) is 0 Å². The summed E-state index contributed by atoms with van der Waals surface area (Å²) >= 11 is 0. The number of H-pyrrole nitrogens is 1. The second-order valence-corrected chi connectivity index (χ2v) is 6.07. The monoisotopic (exact) mass is 280 g/mol. The third kappa shape index (κ3) is 1.79. The lowest BCUT2D eigenvalue weighted by atomic mass is 9.90. The maximum atomic E-state index is 12.0. The SMILES string of the molecule is CC1(C)C=C2OCc3c(-c4ccc[nH]c4=O)ccc(c32)N1. The Hall–Kier alpha value is -2.49. The van der Waals surface area contributed by atoms with E-state index in [1.807, 2.05) is 24.3 Å². The number of anilines is 1. The van der Waals surface area contributed by atoms with Gasteiger partial charge in [-0.15, -0.1) is 0 Å². The Morgan fingerprint density at radius 2 is 2.05 bits per heavy atom. The smallest absolute Gasteiger partial charge is 0.255 e. The number of benzene rings is 1. The predicted molar refractivity (Wildman–Crippen MR) is 83.0 cm³/mol. The maximum Gasteiger partial charge on any atom is 0.255 e. The number of pyridine rings is 1. The van der Waals surface area contributed by atoms with E-state index in [1.165, 1.54) is 0 Å². The first-order valence-corrected chi connectivity index (χ1v) is 7.03. The Morgan fingerprint density at radius 1 is 1.19 bits per heavy atom. The summed E-state index contributed by atoms with van der Waals surface area (Å²) in [7, 11) is 0. The van der Waals surface area contributed by atoms with Gasteiger partial charge in [-0.2, -0.15) is 0 Å². The van der Waals surface area contributed by atoms with Gasteiger partial charge in [0.15, 0.2) is 0 Å². The van der Waals surface area contributed by atoms with Gasteiger partial charge >= 0.3 is 0 Å². The van der Waals surface area contributed by atoms with Crippen LogP contribution in [-0.2, 0) is 11.3 Å². The number of aromatic amines is 1. The molecule has 2 aliphatic rings. The van der Waals surface area contributed by atoms with E-state index in [0.717, 1.165) is 28.1 Å². The van der Waals surface area contributed by atoms with Crippen molar-refractivity contribution < 1.29 is 4.74 Å². The van der Waals surface area contributed by atoms with Crippen molar-refractivity contribution in [3.8, 4) is 11.1 Å². The van der Waals surface area contributed by atoms with Gasteiger partial charge in [0.25, 0.3) is 5.56 Å². The standard InChI is InChI=1S/C17H16N2O2/c1-17(2)8-14-15-12(9-21-14)10(5-6-13(15)19-17)11-4-3-7-18-16(11)20/h3-8,19H,9H2,1-2H3,(H,18,20). The normalized spacial score (nSPS) is 17.5. The van der Waals surface area contributed by atoms with Crippen LogP contribution in [0.3, 0.4) is 0 Å². The van der Waals surface area contributed by atoms with Gasteiger partial charge in [0.1, 0.15) is 12.4 Å². The Bertz CT molecular complexity index is 831. The van der Waals surface area contributed by atoms with Crippen molar-refractivity contribution in [2.75, 3.05) is 5.32 Å². The van der Waals surface area contributed by atoms with E-state index in [1.54, 1.807) is 6.20 Å². The van der Waals surface area contributed by atoms with Crippen LogP contribution in [0.2, 0.25) is 0 Å². The Balaban J connectivity index is 1.97. The quantitative estimate of drug-likeness (QED) is 0.844. The van der Waals surface area contributed by atoms with E-state index < -0.39 is 0 Å². The molecule has 0 atom stereocenters. The first kappa shape index (κ1) is 12.3. The molecule has 4 rings (SSSR count). The zero-order valence-electron chi connectivity index (χ0n) is 12.0. The Morgan fingerprint density at radius 3 is 2.86 bits per heavy atom. The van der Waals surface area contributed by atoms with E-state index >= 15 is 0 Å². The third-order valence-corrected chi connectivity index (χ3v) is 3.99. The molecule has 0 radical (unpaired) electrons. The van der Waals surface area contributed by atoms with E-state index in [4.69, 9.17) is 4.74 Å². The largest absolute Gasteiger partial charge is 0.488 e. The minimum atomic E-state index is -0.129. The fourth-order valence-corrected chi connectivity index (χ4v) is 3.12. The van der Waals surface area contributed by atoms with Crippen LogP contribution in [0.4, 0.5) is 5.69 Å². The van der Waals surface area contributed by atoms with Crippen LogP contribution in [0.1, 0.15) is 25.0 Å². The summed E-state index contributed by atoms with van der Waals surface area (Å²) in [5.74, 6) is 0.915. The number of aromatic nitrogens is 1. The molecule has 0 fully saturated rings. The molecule has 4 nitrogen and oxygen atoms in total. The van der Waals surface area contributed by atoms with Crippen molar-refractivity contribution in [3.63, 3.8) is 0 Å². The molecule has 0 bridgehead atoms. The molecule has 1 aromatic carbocycles. The minimum Gasteiger partial charge on any atom is -0.488 e. The number of hydrogen-bond donors (Lipinski definition) is 2. The highest BCUT2D eigenvalue weighted by molar-refractivity contribution is 5.87. The lowest BCUT2D eigenvalue weighted by Crippen LogP contribution is -2.31. The van der Waals surface area contributed by atoms with Crippen LogP contribution < -0.4 is 10.9 Å². The van der Waals surface area contributed by atoms with E-state index in [-0.39, 0.29) is 11.1 Å². The molecular weight excluding hydrogens is 264 g/mol. The number of rotatable bonds is 1. The molecule has 0 unspecified atom stereocenters. The maximum absolute atomic E-state index is 12.0. The Labute approximate surface area is 122 Å². The molecule has 0 saturated heterocycles. The van der Waals surface area contributed by atoms with Crippen molar-refractivity contribution >= 4 is 11.4 Å². The predicted octanol–water partition coefficient (Wildman–Crippen LogP) is 3.12. The first-order chi connectivity index (χ1) is 10.1. The van der Waals surface area contributed by atoms with Gasteiger partial charge in [-0.1, -0.05) is 6.07 Å². The molecule has 0 amide bonds. The van der Waals surface area contributed by atoms with Gasteiger partial charge in [0.05, 0.1) is 5.54 Å². The fourth-order valence-electron chi connectivity index (χ4n) is 3.12. The lowest BCUT2D eigenvalue weighted by molar-refractivity contribution is 0.283. The lowest BCUT2D eigenvalue weighted by Gasteiger charge is -2.30. The van der Waals surface area contributed by atoms with Crippen molar-refractivity contribution in [2.24, 2.45) is 0 Å². The summed E-state index contributed by atoms with van der Waals surface area (Å²) in [6.45, 7) is 4.73. The van der Waals surface area contributed by atoms with Crippen LogP contribution >= 0.6 is 0 Å². The van der Waals surface area contributed by atoms with E-state index in [0.29, 0.717) is 12.2 Å². The number of ether oxygens (including phenoxy) is 1. The molecule has 2 aromatic rings. The van der Waals surface area contributed by atoms with Gasteiger partial charge < -0.3 is 15.0 Å². The highest BCUT2D eigenvalue weighted by Crippen LogP contribution is 2.44. The van der Waals surface area contributed by atoms with Gasteiger partial charge in [0.2, 0.25) is 0 Å². The first-order valence-electron chi connectivity index (χ1n) is 7.03. The molecule has 0 aliphatic carbocycles. The molecule has 2 N–H and O–H groups in total. The third-order valence-electron chi connectivity index (χ3n) is 3.99. The van der Waals surface area contributed by atoms with Crippen LogP contribution in [-0.4, -0.2) is 10.5 Å². The molecule has 0 spiro atoms. The Kier molecular flexibility index (Phi) is 2.34. The van der Waals surface area contributed by atoms with Crippen LogP contribution in [0.5, 0.6) is 0 Å². The molecule has 2 aliphatic heterocycles. The number of hydrogen-bond acceptors (Lipinski definition) is 3. The van der Waals surface area contributed by atoms with Gasteiger partial charge in [0, 0.05) is 28.6 Å². The topological polar surface area (TPSA) is 54.1 Å². The zero-order chi connectivity index (χ0) is 14.6. The highest BCUT2D eigenvalue weighted by Gasteiger charge is 2.32. The van der Waals surface area contributed by atoms with Crippen LogP contribution in [0.15, 0.2) is 41.3 Å². The van der Waals surface area contributed by atoms with Gasteiger partial charge in [-0.3, -0.25) is 4.79 Å². The molecule has 1 aromatic heterocycles. The van der Waals surface area contributed by atoms with Crippen molar-refractivity contribution in [3.05, 3.63) is 58.0 Å². The molecular formula is C17H16N2O2. The minimum absolute atomic E-state index is 0.0739. The van der Waals surface area contributed by atoms with Gasteiger partial charge in [-0.05, 0) is 43.7 Å². The van der Waals surface area contributed by atoms with E-state index in [2.05, 4.69) is 30.2 Å². The highest BCUT2D eigenvalue weighted by atomic mass is 16.5. The zero-order valence-corrected chi connectivity index (χ0v) is 12.0. The van der Waals surface area contributed by atoms with E-state index in [9.17, 15) is 4.79 Å². The summed E-state index contributed by atoms with van der Waals surface area (Å²) in [6, 6.07) is 7.72. The van der Waals surface area contributed by atoms with Crippen molar-refractivity contribution in [1.82, 2.24) is 4.98 Å². The van der Waals surface area contributed by atoms with Gasteiger partial charge in [-0.25, -0.2) is 0 Å². The summed E-state index contributed by atoms with van der Waals surface area (Å²) in [6.07, 6.45) is 3.75. The average Bonchev–Trinajstić information content (AvgIpc) is 2.84. The van der Waals surface area contributed by atoms with Crippen LogP contribution in [0, 0.1) is 0 Å². The second kappa shape index (κ2) is 4.01. The van der Waals surface area contributed by atoms with Crippen LogP contribution in [0.25, 0.3) is 16.9 Å². The molecule has 0 saturated carbocycles. The summed E-state index contributed by atoms with van der Waals surface area (Å²) in [5.41, 5.74) is 4.67. The molecule has 106 valence electrons. The molecule has 3 heterocycles. The summed E-state index contributed by atoms with van der Waals surface area (Å²) in [4.78, 5) is 14.8. The fraction of sp³-hybridized carbons (Fsp3) is 0.235. The summed E-state index contributed by atoms with van der Waals surface area (Å²) < 4.78 is 5.85. The summed E-state index contributed by atoms with van der Waals surface area (Å²) in [5, 5.41) is 3.50. The van der Waals surface area contributed by atoms with Crippen molar-refractivity contribution in [2.45, 2.75) is 26.0 Å². The second-order valence-electron chi connectivity index (χ2n) is 6.07. The molecule has 4 heteroatoms. The number of nitrogens with one attached hydrogen (secondary N) is 2.